The standard InChI is InChI=1S/C13H13BrN2O/c14-13-8-12(3-2-10(13)9-17)16(7-1-6-15)11-4-5-11/h2-3,8-9,11H,1,4-5,7H2. The summed E-state index contributed by atoms with van der Waals surface area (Å²) in [7, 11) is 0. The van der Waals surface area contributed by atoms with Crippen LogP contribution >= 0.6 is 15.9 Å². The van der Waals surface area contributed by atoms with Crippen molar-refractivity contribution in [3.63, 3.8) is 0 Å². The molecule has 0 N–H and O–H groups in total. The van der Waals surface area contributed by atoms with Gasteiger partial charge in [0.1, 0.15) is 0 Å². The normalized spacial score (nSPS) is 14.1. The van der Waals surface area contributed by atoms with Gasteiger partial charge in [0, 0.05) is 28.3 Å². The minimum absolute atomic E-state index is 0.531. The van der Waals surface area contributed by atoms with E-state index in [1.165, 1.54) is 12.8 Å². The van der Waals surface area contributed by atoms with Gasteiger partial charge in [-0.1, -0.05) is 0 Å². The van der Waals surface area contributed by atoms with E-state index >= 15 is 0 Å². The highest BCUT2D eigenvalue weighted by Crippen LogP contribution is 2.33. The molecule has 1 saturated carbocycles. The Bertz CT molecular complexity index is 463. The predicted octanol–water partition coefficient (Wildman–Crippen LogP) is 3.14. The molecule has 0 bridgehead atoms. The van der Waals surface area contributed by atoms with Gasteiger partial charge >= 0.3 is 0 Å². The van der Waals surface area contributed by atoms with E-state index in [0.29, 0.717) is 18.0 Å². The van der Waals surface area contributed by atoms with E-state index in [4.69, 9.17) is 5.26 Å². The zero-order chi connectivity index (χ0) is 12.3. The molecule has 1 aromatic carbocycles. The Morgan fingerprint density at radius 2 is 2.29 bits per heavy atom. The SMILES string of the molecule is N#CCCN(c1ccc(C=O)c(Br)c1)C1CC1. The Kier molecular flexibility index (Phi) is 3.80. The van der Waals surface area contributed by atoms with E-state index in [0.717, 1.165) is 23.0 Å². The number of hydrogen-bond donors (Lipinski definition) is 0. The van der Waals surface area contributed by atoms with Crippen molar-refractivity contribution in [2.24, 2.45) is 0 Å². The molecule has 2 rings (SSSR count). The number of rotatable bonds is 5. The van der Waals surface area contributed by atoms with Crippen LogP contribution in [0, 0.1) is 11.3 Å². The van der Waals surface area contributed by atoms with Gasteiger partial charge in [-0.05, 0) is 47.0 Å². The highest BCUT2D eigenvalue weighted by Gasteiger charge is 2.29. The lowest BCUT2D eigenvalue weighted by Crippen LogP contribution is -2.26. The van der Waals surface area contributed by atoms with E-state index in [1.54, 1.807) is 0 Å². The second-order valence-corrected chi connectivity index (χ2v) is 5.01. The molecule has 1 aliphatic carbocycles. The molecule has 0 radical (unpaired) electrons. The van der Waals surface area contributed by atoms with Crippen LogP contribution in [0.2, 0.25) is 0 Å². The largest absolute Gasteiger partial charge is 0.367 e. The van der Waals surface area contributed by atoms with Crippen LogP contribution in [0.25, 0.3) is 0 Å². The van der Waals surface area contributed by atoms with Crippen molar-refractivity contribution in [2.75, 3.05) is 11.4 Å². The highest BCUT2D eigenvalue weighted by molar-refractivity contribution is 9.10. The molecule has 0 spiro atoms. The number of hydrogen-bond acceptors (Lipinski definition) is 3. The summed E-state index contributed by atoms with van der Waals surface area (Å²) in [4.78, 5) is 13.0. The summed E-state index contributed by atoms with van der Waals surface area (Å²) in [6.07, 6.45) is 3.76. The summed E-state index contributed by atoms with van der Waals surface area (Å²) in [5.41, 5.74) is 1.74. The van der Waals surface area contributed by atoms with Gasteiger partial charge < -0.3 is 4.90 Å². The Hall–Kier alpha value is -1.34. The fourth-order valence-corrected chi connectivity index (χ4v) is 2.33. The van der Waals surface area contributed by atoms with Crippen molar-refractivity contribution in [3.8, 4) is 6.07 Å². The zero-order valence-electron chi connectivity index (χ0n) is 9.40. The Labute approximate surface area is 109 Å². The van der Waals surface area contributed by atoms with E-state index in [-0.39, 0.29) is 0 Å². The second-order valence-electron chi connectivity index (χ2n) is 4.16. The molecule has 0 unspecified atom stereocenters. The van der Waals surface area contributed by atoms with Gasteiger partial charge in [-0.3, -0.25) is 4.79 Å². The number of benzene rings is 1. The van der Waals surface area contributed by atoms with Crippen LogP contribution in [-0.2, 0) is 0 Å². The molecule has 1 aliphatic rings. The summed E-state index contributed by atoms with van der Waals surface area (Å²) in [6.45, 7) is 0.758. The molecule has 88 valence electrons. The van der Waals surface area contributed by atoms with Gasteiger partial charge in [0.15, 0.2) is 6.29 Å². The lowest BCUT2D eigenvalue weighted by Gasteiger charge is -2.24. The van der Waals surface area contributed by atoms with Crippen LogP contribution in [0.4, 0.5) is 5.69 Å². The van der Waals surface area contributed by atoms with Crippen molar-refractivity contribution in [1.82, 2.24) is 0 Å². The molecule has 1 aromatic rings. The third-order valence-corrected chi connectivity index (χ3v) is 3.58. The summed E-state index contributed by atoms with van der Waals surface area (Å²) in [6, 6.07) is 8.47. The average molecular weight is 293 g/mol. The zero-order valence-corrected chi connectivity index (χ0v) is 11.0. The first-order valence-electron chi connectivity index (χ1n) is 5.64. The van der Waals surface area contributed by atoms with E-state index < -0.39 is 0 Å². The topological polar surface area (TPSA) is 44.1 Å². The van der Waals surface area contributed by atoms with Gasteiger partial charge in [0.2, 0.25) is 0 Å². The summed E-state index contributed by atoms with van der Waals surface area (Å²) >= 11 is 3.39. The number of nitriles is 1. The molecular weight excluding hydrogens is 280 g/mol. The van der Waals surface area contributed by atoms with Crippen LogP contribution in [0.1, 0.15) is 29.6 Å². The number of halogens is 1. The molecular formula is C13H13BrN2O. The molecule has 0 saturated heterocycles. The minimum Gasteiger partial charge on any atom is -0.367 e. The maximum absolute atomic E-state index is 10.7. The molecule has 4 heteroatoms. The van der Waals surface area contributed by atoms with Crippen LogP contribution in [0.15, 0.2) is 22.7 Å². The van der Waals surface area contributed by atoms with Gasteiger partial charge in [-0.2, -0.15) is 5.26 Å². The van der Waals surface area contributed by atoms with Crippen molar-refractivity contribution in [3.05, 3.63) is 28.2 Å². The average Bonchev–Trinajstić information content (AvgIpc) is 3.14. The molecule has 0 atom stereocenters. The van der Waals surface area contributed by atoms with Crippen LogP contribution in [-0.4, -0.2) is 18.9 Å². The van der Waals surface area contributed by atoms with E-state index in [1.807, 2.05) is 18.2 Å². The number of aldehydes is 1. The quantitative estimate of drug-likeness (QED) is 0.783. The maximum Gasteiger partial charge on any atom is 0.151 e. The van der Waals surface area contributed by atoms with Crippen molar-refractivity contribution >= 4 is 27.9 Å². The predicted molar refractivity (Wildman–Crippen MR) is 70.1 cm³/mol. The van der Waals surface area contributed by atoms with Gasteiger partial charge in [0.05, 0.1) is 12.5 Å². The summed E-state index contributed by atoms with van der Waals surface area (Å²) in [5, 5.41) is 8.67. The number of carbonyl (C=O) groups excluding carboxylic acids is 1. The fourth-order valence-electron chi connectivity index (χ4n) is 1.87. The fraction of sp³-hybridized carbons (Fsp3) is 0.385. The van der Waals surface area contributed by atoms with Crippen molar-refractivity contribution in [2.45, 2.75) is 25.3 Å². The maximum atomic E-state index is 10.7. The first kappa shape index (κ1) is 12.1. The summed E-state index contributed by atoms with van der Waals surface area (Å²) in [5.74, 6) is 0. The molecule has 0 aliphatic heterocycles. The number of carbonyl (C=O) groups is 1. The molecule has 0 aromatic heterocycles. The number of nitrogens with zero attached hydrogens (tertiary/aromatic N) is 2. The van der Waals surface area contributed by atoms with Crippen LogP contribution < -0.4 is 4.90 Å². The van der Waals surface area contributed by atoms with E-state index in [9.17, 15) is 4.79 Å². The second kappa shape index (κ2) is 5.33. The van der Waals surface area contributed by atoms with Crippen LogP contribution in [0.3, 0.4) is 0 Å². The van der Waals surface area contributed by atoms with Crippen molar-refractivity contribution in [1.29, 1.82) is 5.26 Å². The monoisotopic (exact) mass is 292 g/mol. The van der Waals surface area contributed by atoms with Crippen molar-refractivity contribution < 1.29 is 4.79 Å². The molecule has 0 heterocycles. The molecule has 17 heavy (non-hydrogen) atoms. The van der Waals surface area contributed by atoms with Gasteiger partial charge in [-0.25, -0.2) is 0 Å². The highest BCUT2D eigenvalue weighted by atomic mass is 79.9. The lowest BCUT2D eigenvalue weighted by atomic mass is 10.2. The summed E-state index contributed by atoms with van der Waals surface area (Å²) < 4.78 is 0.813. The Balaban J connectivity index is 2.20. The minimum atomic E-state index is 0.531. The molecule has 0 amide bonds. The van der Waals surface area contributed by atoms with E-state index in [2.05, 4.69) is 26.9 Å². The Morgan fingerprint density at radius 1 is 1.53 bits per heavy atom. The Morgan fingerprint density at radius 3 is 2.82 bits per heavy atom. The third-order valence-electron chi connectivity index (χ3n) is 2.89. The molecule has 3 nitrogen and oxygen atoms in total. The van der Waals surface area contributed by atoms with Gasteiger partial charge in [0.25, 0.3) is 0 Å². The first-order valence-corrected chi connectivity index (χ1v) is 6.44. The molecule has 1 fully saturated rings. The third kappa shape index (κ3) is 2.86. The smallest absolute Gasteiger partial charge is 0.151 e. The lowest BCUT2D eigenvalue weighted by molar-refractivity contribution is 0.112. The number of anilines is 1. The van der Waals surface area contributed by atoms with Gasteiger partial charge in [-0.15, -0.1) is 0 Å². The first-order chi connectivity index (χ1) is 8.26. The van der Waals surface area contributed by atoms with Crippen LogP contribution in [0.5, 0.6) is 0 Å².